The number of carbonyl (C=O) groups is 2. The second-order valence-corrected chi connectivity index (χ2v) is 2.16. The molecule has 13 heavy (non-hydrogen) atoms. The monoisotopic (exact) mass is 182 g/mol. The fraction of sp³-hybridized carbons (Fsp3) is 0.111. The Kier molecular flexibility index (Phi) is 3.65. The van der Waals surface area contributed by atoms with E-state index in [0.717, 1.165) is 0 Å². The first-order chi connectivity index (χ1) is 5.63. The minimum atomic E-state index is -1.23. The fourth-order valence-electron chi connectivity index (χ4n) is 0.856. The smallest absolute Gasteiger partial charge is 0.336 e. The van der Waals surface area contributed by atoms with Gasteiger partial charge >= 0.3 is 11.9 Å². The molecule has 0 radical (unpaired) electrons. The van der Waals surface area contributed by atoms with Gasteiger partial charge in [-0.25, -0.2) is 9.59 Å². The number of carboxylic acids is 2. The van der Waals surface area contributed by atoms with E-state index in [4.69, 9.17) is 10.2 Å². The normalized spacial score (nSPS) is 8.62. The summed E-state index contributed by atoms with van der Waals surface area (Å²) in [7, 11) is 0. The second-order valence-electron chi connectivity index (χ2n) is 2.16. The Morgan fingerprint density at radius 3 is 1.46 bits per heavy atom. The molecule has 0 bridgehead atoms. The van der Waals surface area contributed by atoms with Crippen LogP contribution in [0.15, 0.2) is 24.3 Å². The summed E-state index contributed by atoms with van der Waals surface area (Å²) >= 11 is 0. The molecule has 0 atom stereocenters. The van der Waals surface area contributed by atoms with E-state index in [1.807, 2.05) is 0 Å². The average Bonchev–Trinajstić information content (AvgIpc) is 2.04. The van der Waals surface area contributed by atoms with Crippen molar-refractivity contribution in [3.63, 3.8) is 0 Å². The largest absolute Gasteiger partial charge is 0.478 e. The standard InChI is InChI=1S/C8H6O4.CH4/c9-7(10)5-3-1-2-4-6(5)8(11)12;/h1-4H,(H,9,10)(H,11,12);1H4. The molecular formula is C9H10O4. The van der Waals surface area contributed by atoms with Crippen LogP contribution in [-0.4, -0.2) is 22.2 Å². The van der Waals surface area contributed by atoms with Crippen LogP contribution >= 0.6 is 0 Å². The van der Waals surface area contributed by atoms with E-state index in [-0.39, 0.29) is 18.6 Å². The Bertz CT molecular complexity index is 297. The van der Waals surface area contributed by atoms with Crippen LogP contribution in [0.5, 0.6) is 0 Å². The lowest BCUT2D eigenvalue weighted by Crippen LogP contribution is -2.06. The summed E-state index contributed by atoms with van der Waals surface area (Å²) in [6, 6.07) is 5.48. The Balaban J connectivity index is 0.00000144. The van der Waals surface area contributed by atoms with Gasteiger partial charge in [0.25, 0.3) is 0 Å². The van der Waals surface area contributed by atoms with Gasteiger partial charge in [-0.1, -0.05) is 19.6 Å². The third kappa shape index (κ3) is 2.30. The predicted octanol–water partition coefficient (Wildman–Crippen LogP) is 1.72. The topological polar surface area (TPSA) is 74.6 Å². The maximum absolute atomic E-state index is 10.5. The summed E-state index contributed by atoms with van der Waals surface area (Å²) in [6.45, 7) is 0. The number of aromatic carboxylic acids is 2. The van der Waals surface area contributed by atoms with Crippen LogP contribution in [0.1, 0.15) is 28.1 Å². The maximum Gasteiger partial charge on any atom is 0.336 e. The third-order valence-electron chi connectivity index (χ3n) is 1.39. The molecule has 70 valence electrons. The zero-order valence-electron chi connectivity index (χ0n) is 6.02. The molecule has 1 aromatic rings. The summed E-state index contributed by atoms with van der Waals surface area (Å²) in [5.41, 5.74) is -0.380. The van der Waals surface area contributed by atoms with Crippen molar-refractivity contribution in [2.45, 2.75) is 7.43 Å². The molecule has 0 fully saturated rings. The first-order valence-corrected chi connectivity index (χ1v) is 3.18. The molecule has 1 rings (SSSR count). The highest BCUT2D eigenvalue weighted by Gasteiger charge is 2.13. The van der Waals surface area contributed by atoms with E-state index in [2.05, 4.69) is 0 Å². The van der Waals surface area contributed by atoms with E-state index < -0.39 is 11.9 Å². The lowest BCUT2D eigenvalue weighted by molar-refractivity contribution is 0.0651. The predicted molar refractivity (Wildman–Crippen MR) is 47.1 cm³/mol. The number of hydrogen-bond donors (Lipinski definition) is 2. The maximum atomic E-state index is 10.5. The second kappa shape index (κ2) is 4.25. The fourth-order valence-corrected chi connectivity index (χ4v) is 0.856. The molecule has 0 unspecified atom stereocenters. The van der Waals surface area contributed by atoms with E-state index in [1.165, 1.54) is 24.3 Å². The minimum Gasteiger partial charge on any atom is -0.478 e. The van der Waals surface area contributed by atoms with Crippen molar-refractivity contribution >= 4 is 11.9 Å². The lowest BCUT2D eigenvalue weighted by Gasteiger charge is -1.98. The number of hydrogen-bond acceptors (Lipinski definition) is 2. The quantitative estimate of drug-likeness (QED) is 0.730. The van der Waals surface area contributed by atoms with Crippen LogP contribution in [0.3, 0.4) is 0 Å². The van der Waals surface area contributed by atoms with E-state index in [1.54, 1.807) is 0 Å². The van der Waals surface area contributed by atoms with Gasteiger partial charge in [-0.15, -0.1) is 0 Å². The van der Waals surface area contributed by atoms with Crippen LogP contribution in [0.25, 0.3) is 0 Å². The summed E-state index contributed by atoms with van der Waals surface area (Å²) in [5.74, 6) is -2.46. The van der Waals surface area contributed by atoms with Gasteiger partial charge in [0.2, 0.25) is 0 Å². The first kappa shape index (κ1) is 11.2. The third-order valence-corrected chi connectivity index (χ3v) is 1.39. The summed E-state index contributed by atoms with van der Waals surface area (Å²) in [4.78, 5) is 20.9. The molecule has 1 aromatic carbocycles. The molecule has 4 heteroatoms. The highest BCUT2D eigenvalue weighted by atomic mass is 16.4. The Hall–Kier alpha value is -1.84. The van der Waals surface area contributed by atoms with Gasteiger partial charge in [-0.05, 0) is 12.1 Å². The summed E-state index contributed by atoms with van der Waals surface area (Å²) in [6.07, 6.45) is 0. The zero-order valence-corrected chi connectivity index (χ0v) is 6.02. The number of rotatable bonds is 2. The summed E-state index contributed by atoms with van der Waals surface area (Å²) < 4.78 is 0. The van der Waals surface area contributed by atoms with Crippen molar-refractivity contribution < 1.29 is 19.8 Å². The zero-order chi connectivity index (χ0) is 9.14. The molecule has 2 N–H and O–H groups in total. The van der Waals surface area contributed by atoms with Crippen molar-refractivity contribution in [3.8, 4) is 0 Å². The molecule has 0 saturated carbocycles. The minimum absolute atomic E-state index is 0. The highest BCUT2D eigenvalue weighted by molar-refractivity contribution is 6.01. The first-order valence-electron chi connectivity index (χ1n) is 3.18. The molecule has 0 aliphatic carbocycles. The van der Waals surface area contributed by atoms with Gasteiger partial charge in [-0.3, -0.25) is 0 Å². The Morgan fingerprint density at radius 1 is 0.923 bits per heavy atom. The molecule has 0 aromatic heterocycles. The van der Waals surface area contributed by atoms with Gasteiger partial charge in [0.05, 0.1) is 11.1 Å². The van der Waals surface area contributed by atoms with E-state index in [0.29, 0.717) is 0 Å². The van der Waals surface area contributed by atoms with Crippen molar-refractivity contribution in [1.82, 2.24) is 0 Å². The van der Waals surface area contributed by atoms with Gasteiger partial charge in [0, 0.05) is 0 Å². The van der Waals surface area contributed by atoms with Gasteiger partial charge in [0.1, 0.15) is 0 Å². The SMILES string of the molecule is C.O=C(O)c1ccccc1C(=O)O. The van der Waals surface area contributed by atoms with E-state index >= 15 is 0 Å². The molecule has 0 saturated heterocycles. The lowest BCUT2D eigenvalue weighted by atomic mass is 10.1. The molecular weight excluding hydrogens is 172 g/mol. The molecule has 0 amide bonds. The molecule has 4 nitrogen and oxygen atoms in total. The van der Waals surface area contributed by atoms with Crippen molar-refractivity contribution in [3.05, 3.63) is 35.4 Å². The molecule has 0 aliphatic heterocycles. The van der Waals surface area contributed by atoms with Crippen molar-refractivity contribution in [2.75, 3.05) is 0 Å². The van der Waals surface area contributed by atoms with Gasteiger partial charge in [0.15, 0.2) is 0 Å². The van der Waals surface area contributed by atoms with Gasteiger partial charge in [-0.2, -0.15) is 0 Å². The Labute approximate surface area is 75.4 Å². The van der Waals surface area contributed by atoms with Crippen LogP contribution < -0.4 is 0 Å². The Morgan fingerprint density at radius 2 is 1.23 bits per heavy atom. The van der Waals surface area contributed by atoms with Crippen molar-refractivity contribution in [2.24, 2.45) is 0 Å². The van der Waals surface area contributed by atoms with Crippen LogP contribution in [0.2, 0.25) is 0 Å². The molecule has 0 aliphatic rings. The summed E-state index contributed by atoms with van der Waals surface area (Å²) in [5, 5.41) is 17.1. The average molecular weight is 182 g/mol. The molecule has 0 spiro atoms. The van der Waals surface area contributed by atoms with Crippen LogP contribution in [0.4, 0.5) is 0 Å². The van der Waals surface area contributed by atoms with Gasteiger partial charge < -0.3 is 10.2 Å². The van der Waals surface area contributed by atoms with Crippen LogP contribution in [-0.2, 0) is 0 Å². The van der Waals surface area contributed by atoms with E-state index in [9.17, 15) is 9.59 Å². The highest BCUT2D eigenvalue weighted by Crippen LogP contribution is 2.07. The molecule has 0 heterocycles. The number of benzene rings is 1. The van der Waals surface area contributed by atoms with Crippen LogP contribution in [0, 0.1) is 0 Å². The number of carboxylic acid groups (broad SMARTS) is 2. The van der Waals surface area contributed by atoms with Crippen molar-refractivity contribution in [1.29, 1.82) is 0 Å².